The van der Waals surface area contributed by atoms with Gasteiger partial charge in [0, 0.05) is 17.0 Å². The highest BCUT2D eigenvalue weighted by Crippen LogP contribution is 2.29. The predicted molar refractivity (Wildman–Crippen MR) is 84.9 cm³/mol. The van der Waals surface area contributed by atoms with E-state index in [9.17, 15) is 0 Å². The van der Waals surface area contributed by atoms with Crippen LogP contribution in [0.2, 0.25) is 10.0 Å². The molecule has 0 aliphatic carbocycles. The van der Waals surface area contributed by atoms with Crippen LogP contribution in [0, 0.1) is 0 Å². The van der Waals surface area contributed by atoms with E-state index < -0.39 is 0 Å². The molecule has 0 fully saturated rings. The van der Waals surface area contributed by atoms with Crippen LogP contribution < -0.4 is 10.5 Å². The lowest BCUT2D eigenvalue weighted by atomic mass is 10.1. The van der Waals surface area contributed by atoms with Crippen LogP contribution in [0.15, 0.2) is 46.9 Å². The summed E-state index contributed by atoms with van der Waals surface area (Å²) in [5.41, 5.74) is 7.51. The van der Waals surface area contributed by atoms with Gasteiger partial charge in [-0.25, -0.2) is 0 Å². The maximum atomic E-state index is 5.98. The molecule has 3 nitrogen and oxygen atoms in total. The summed E-state index contributed by atoms with van der Waals surface area (Å²) in [4.78, 5) is 0. The Balaban J connectivity index is 1.89. The molecule has 0 saturated carbocycles. The van der Waals surface area contributed by atoms with Crippen LogP contribution in [0.3, 0.4) is 0 Å². The van der Waals surface area contributed by atoms with Gasteiger partial charge in [0.1, 0.15) is 23.7 Å². The number of halogens is 2. The molecule has 0 unspecified atom stereocenters. The highest BCUT2D eigenvalue weighted by atomic mass is 35.5. The zero-order valence-electron chi connectivity index (χ0n) is 11.1. The average molecular weight is 322 g/mol. The van der Waals surface area contributed by atoms with Gasteiger partial charge in [0.05, 0.1) is 16.6 Å². The molecule has 5 heteroatoms. The number of fused-ring (bicyclic) bond motifs is 1. The van der Waals surface area contributed by atoms with Gasteiger partial charge < -0.3 is 14.9 Å². The fraction of sp³-hybridized carbons (Fsp3) is 0.125. The molecule has 1 heterocycles. The summed E-state index contributed by atoms with van der Waals surface area (Å²) in [5.74, 6) is 1.38. The second kappa shape index (κ2) is 5.98. The summed E-state index contributed by atoms with van der Waals surface area (Å²) < 4.78 is 11.5. The molecule has 0 amide bonds. The molecule has 0 aliphatic rings. The van der Waals surface area contributed by atoms with Crippen molar-refractivity contribution in [2.45, 2.75) is 13.2 Å². The SMILES string of the molecule is NCc1oc2ccccc2c1COc1ccc(Cl)c(Cl)c1. The normalized spacial score (nSPS) is 11.0. The highest BCUT2D eigenvalue weighted by Gasteiger charge is 2.13. The van der Waals surface area contributed by atoms with E-state index >= 15 is 0 Å². The van der Waals surface area contributed by atoms with Crippen LogP contribution in [0.25, 0.3) is 11.0 Å². The third-order valence-corrected chi connectivity index (χ3v) is 3.98. The van der Waals surface area contributed by atoms with Crippen molar-refractivity contribution in [2.24, 2.45) is 5.73 Å². The monoisotopic (exact) mass is 321 g/mol. The molecule has 0 saturated heterocycles. The molecule has 3 aromatic rings. The number of nitrogens with two attached hydrogens (primary N) is 1. The van der Waals surface area contributed by atoms with E-state index in [1.807, 2.05) is 24.3 Å². The topological polar surface area (TPSA) is 48.4 Å². The van der Waals surface area contributed by atoms with Gasteiger partial charge in [0.2, 0.25) is 0 Å². The second-order valence-corrected chi connectivity index (χ2v) is 5.38. The fourth-order valence-corrected chi connectivity index (χ4v) is 2.48. The molecular weight excluding hydrogens is 309 g/mol. The number of rotatable bonds is 4. The average Bonchev–Trinajstić information content (AvgIpc) is 2.86. The van der Waals surface area contributed by atoms with E-state index in [4.69, 9.17) is 38.1 Å². The van der Waals surface area contributed by atoms with Crippen molar-refractivity contribution >= 4 is 34.2 Å². The molecule has 0 atom stereocenters. The Morgan fingerprint density at radius 1 is 1.05 bits per heavy atom. The number of para-hydroxylation sites is 1. The lowest BCUT2D eigenvalue weighted by Crippen LogP contribution is -2.02. The molecular formula is C16H13Cl2NO2. The van der Waals surface area contributed by atoms with Gasteiger partial charge in [-0.1, -0.05) is 41.4 Å². The van der Waals surface area contributed by atoms with Crippen LogP contribution >= 0.6 is 23.2 Å². The predicted octanol–water partition coefficient (Wildman–Crippen LogP) is 4.78. The summed E-state index contributed by atoms with van der Waals surface area (Å²) in [5, 5.41) is 1.98. The Morgan fingerprint density at radius 2 is 1.86 bits per heavy atom. The van der Waals surface area contributed by atoms with Crippen LogP contribution in [0.1, 0.15) is 11.3 Å². The van der Waals surface area contributed by atoms with Crippen molar-refractivity contribution in [3.05, 3.63) is 63.8 Å². The lowest BCUT2D eigenvalue weighted by molar-refractivity contribution is 0.303. The molecule has 3 rings (SSSR count). The number of hydrogen-bond acceptors (Lipinski definition) is 3. The summed E-state index contributed by atoms with van der Waals surface area (Å²) in [7, 11) is 0. The largest absolute Gasteiger partial charge is 0.489 e. The standard InChI is InChI=1S/C16H13Cl2NO2/c17-13-6-5-10(7-14(13)18)20-9-12-11-3-1-2-4-15(11)21-16(12)8-19/h1-7H,8-9,19H2. The van der Waals surface area contributed by atoms with Crippen molar-refractivity contribution in [2.75, 3.05) is 0 Å². The van der Waals surface area contributed by atoms with E-state index in [-0.39, 0.29) is 0 Å². The van der Waals surface area contributed by atoms with E-state index in [0.717, 1.165) is 22.3 Å². The molecule has 0 spiro atoms. The van der Waals surface area contributed by atoms with Crippen LogP contribution in [-0.2, 0) is 13.2 Å². The highest BCUT2D eigenvalue weighted by molar-refractivity contribution is 6.42. The first-order valence-electron chi connectivity index (χ1n) is 6.46. The summed E-state index contributed by atoms with van der Waals surface area (Å²) in [6, 6.07) is 13.0. The fourth-order valence-electron chi connectivity index (χ4n) is 2.19. The third kappa shape index (κ3) is 2.86. The Kier molecular flexibility index (Phi) is 4.06. The number of benzene rings is 2. The zero-order valence-corrected chi connectivity index (χ0v) is 12.6. The van der Waals surface area contributed by atoms with Crippen molar-refractivity contribution < 1.29 is 9.15 Å². The van der Waals surface area contributed by atoms with Gasteiger partial charge in [0.25, 0.3) is 0 Å². The van der Waals surface area contributed by atoms with Crippen molar-refractivity contribution in [1.29, 1.82) is 0 Å². The van der Waals surface area contributed by atoms with E-state index in [1.54, 1.807) is 18.2 Å². The zero-order chi connectivity index (χ0) is 14.8. The first-order valence-corrected chi connectivity index (χ1v) is 7.22. The quantitative estimate of drug-likeness (QED) is 0.752. The first kappa shape index (κ1) is 14.3. The van der Waals surface area contributed by atoms with Crippen molar-refractivity contribution in [1.82, 2.24) is 0 Å². The maximum Gasteiger partial charge on any atom is 0.134 e. The number of ether oxygens (including phenoxy) is 1. The number of hydrogen-bond donors (Lipinski definition) is 1. The lowest BCUT2D eigenvalue weighted by Gasteiger charge is -2.07. The minimum absolute atomic E-state index is 0.328. The van der Waals surface area contributed by atoms with Gasteiger partial charge in [-0.15, -0.1) is 0 Å². The van der Waals surface area contributed by atoms with Crippen LogP contribution in [0.5, 0.6) is 5.75 Å². The smallest absolute Gasteiger partial charge is 0.134 e. The molecule has 2 aromatic carbocycles. The minimum Gasteiger partial charge on any atom is -0.489 e. The molecule has 0 radical (unpaired) electrons. The molecule has 0 aliphatic heterocycles. The molecule has 108 valence electrons. The van der Waals surface area contributed by atoms with Gasteiger partial charge in [-0.3, -0.25) is 0 Å². The molecule has 2 N–H and O–H groups in total. The third-order valence-electron chi connectivity index (χ3n) is 3.24. The summed E-state index contributed by atoms with van der Waals surface area (Å²) in [6.45, 7) is 0.691. The maximum absolute atomic E-state index is 5.98. The Morgan fingerprint density at radius 3 is 2.62 bits per heavy atom. The summed E-state index contributed by atoms with van der Waals surface area (Å²) in [6.07, 6.45) is 0. The second-order valence-electron chi connectivity index (χ2n) is 4.57. The Bertz CT molecular complexity index is 783. The van der Waals surface area contributed by atoms with Gasteiger partial charge in [-0.2, -0.15) is 0 Å². The van der Waals surface area contributed by atoms with Gasteiger partial charge in [0.15, 0.2) is 0 Å². The number of furan rings is 1. The minimum atomic E-state index is 0.328. The Hall–Kier alpha value is -1.68. The van der Waals surface area contributed by atoms with E-state index in [0.29, 0.717) is 28.9 Å². The summed E-state index contributed by atoms with van der Waals surface area (Å²) >= 11 is 11.9. The van der Waals surface area contributed by atoms with Crippen LogP contribution in [-0.4, -0.2) is 0 Å². The van der Waals surface area contributed by atoms with E-state index in [1.165, 1.54) is 0 Å². The van der Waals surface area contributed by atoms with Crippen molar-refractivity contribution in [3.8, 4) is 5.75 Å². The van der Waals surface area contributed by atoms with Gasteiger partial charge in [-0.05, 0) is 18.2 Å². The molecule has 1 aromatic heterocycles. The van der Waals surface area contributed by atoms with E-state index in [2.05, 4.69) is 0 Å². The molecule has 0 bridgehead atoms. The molecule has 21 heavy (non-hydrogen) atoms. The first-order chi connectivity index (χ1) is 10.2. The van der Waals surface area contributed by atoms with Crippen LogP contribution in [0.4, 0.5) is 0 Å². The van der Waals surface area contributed by atoms with Crippen molar-refractivity contribution in [3.63, 3.8) is 0 Å². The van der Waals surface area contributed by atoms with Gasteiger partial charge >= 0.3 is 0 Å². The Labute approximate surface area is 132 Å².